The first-order valence-electron chi connectivity index (χ1n) is 13.1. The molecule has 0 unspecified atom stereocenters. The van der Waals surface area contributed by atoms with E-state index in [1.54, 1.807) is 48.5 Å². The van der Waals surface area contributed by atoms with Gasteiger partial charge in [-0.05, 0) is 36.4 Å². The molecule has 0 radical (unpaired) electrons. The summed E-state index contributed by atoms with van der Waals surface area (Å²) < 4.78 is 53.4. The SMILES string of the molecule is CO[C@@H]1O[C@H](COC(=O)c2ccccc2)[C@H](OC(=O)c2ccccc2)[C@H](OS(C)(=O)=O)[C@H]1N1C(=O)c2ccccc2C1=O. The average molecular weight is 610 g/mol. The van der Waals surface area contributed by atoms with Crippen molar-refractivity contribution in [3.63, 3.8) is 0 Å². The monoisotopic (exact) mass is 609 g/mol. The van der Waals surface area contributed by atoms with E-state index >= 15 is 0 Å². The minimum absolute atomic E-state index is 0.0807. The summed E-state index contributed by atoms with van der Waals surface area (Å²) in [5.41, 5.74) is 0.508. The summed E-state index contributed by atoms with van der Waals surface area (Å²) in [4.78, 5) is 53.8. The zero-order valence-electron chi connectivity index (χ0n) is 23.0. The number of fused-ring (bicyclic) bond motifs is 1. The lowest BCUT2D eigenvalue weighted by atomic mass is 9.95. The molecule has 1 saturated heterocycles. The van der Waals surface area contributed by atoms with Gasteiger partial charge < -0.3 is 18.9 Å². The van der Waals surface area contributed by atoms with Gasteiger partial charge in [-0.25, -0.2) is 9.59 Å². The van der Waals surface area contributed by atoms with Crippen molar-refractivity contribution in [1.29, 1.82) is 0 Å². The first-order valence-corrected chi connectivity index (χ1v) is 14.9. The normalized spacial score (nSPS) is 23.5. The number of benzene rings is 3. The van der Waals surface area contributed by atoms with Gasteiger partial charge >= 0.3 is 11.9 Å². The minimum atomic E-state index is -4.31. The highest BCUT2D eigenvalue weighted by Crippen LogP contribution is 2.36. The van der Waals surface area contributed by atoms with Crippen LogP contribution in [0.1, 0.15) is 41.4 Å². The van der Waals surface area contributed by atoms with Gasteiger partial charge in [0.05, 0.1) is 28.5 Å². The fourth-order valence-electron chi connectivity index (χ4n) is 5.01. The Morgan fingerprint density at radius 2 is 1.30 bits per heavy atom. The molecule has 2 aliphatic heterocycles. The number of esters is 2. The third kappa shape index (κ3) is 6.34. The highest BCUT2D eigenvalue weighted by Gasteiger charge is 2.57. The molecule has 0 N–H and O–H groups in total. The van der Waals surface area contributed by atoms with Crippen LogP contribution in [0.3, 0.4) is 0 Å². The Kier molecular flexibility index (Phi) is 8.69. The fraction of sp³-hybridized carbons (Fsp3) is 0.267. The number of methoxy groups -OCH3 is 1. The molecular weight excluding hydrogens is 582 g/mol. The van der Waals surface area contributed by atoms with Gasteiger partial charge in [-0.15, -0.1) is 0 Å². The van der Waals surface area contributed by atoms with Gasteiger partial charge in [0, 0.05) is 7.11 Å². The van der Waals surface area contributed by atoms with E-state index in [1.807, 2.05) is 0 Å². The van der Waals surface area contributed by atoms with E-state index in [0.717, 1.165) is 11.2 Å². The molecule has 5 rings (SSSR count). The highest BCUT2D eigenvalue weighted by atomic mass is 32.2. The molecule has 3 aromatic carbocycles. The van der Waals surface area contributed by atoms with Crippen LogP contribution in [0.4, 0.5) is 0 Å². The molecule has 2 amide bonds. The Morgan fingerprint density at radius 3 is 1.81 bits per heavy atom. The smallest absolute Gasteiger partial charge is 0.338 e. The molecule has 5 atom stereocenters. The van der Waals surface area contributed by atoms with E-state index in [1.165, 1.54) is 43.5 Å². The summed E-state index contributed by atoms with van der Waals surface area (Å²) in [6.45, 7) is -0.529. The number of imide groups is 1. The zero-order chi connectivity index (χ0) is 30.7. The molecule has 12 nitrogen and oxygen atoms in total. The van der Waals surface area contributed by atoms with Crippen molar-refractivity contribution >= 4 is 33.9 Å². The average Bonchev–Trinajstić information content (AvgIpc) is 3.26. The zero-order valence-corrected chi connectivity index (χ0v) is 23.8. The van der Waals surface area contributed by atoms with Crippen molar-refractivity contribution in [3.8, 4) is 0 Å². The lowest BCUT2D eigenvalue weighted by molar-refractivity contribution is -0.266. The second-order valence-corrected chi connectivity index (χ2v) is 11.4. The fourth-order valence-corrected chi connectivity index (χ4v) is 5.63. The Morgan fingerprint density at radius 1 is 0.791 bits per heavy atom. The predicted octanol–water partition coefficient (Wildman–Crippen LogP) is 2.45. The Hall–Kier alpha value is -4.43. The van der Waals surface area contributed by atoms with E-state index < -0.39 is 71.1 Å². The Balaban J connectivity index is 1.54. The van der Waals surface area contributed by atoms with Gasteiger partial charge in [0.25, 0.3) is 21.9 Å². The third-order valence-corrected chi connectivity index (χ3v) is 7.47. The van der Waals surface area contributed by atoms with Gasteiger partial charge in [0.2, 0.25) is 0 Å². The quantitative estimate of drug-likeness (QED) is 0.200. The summed E-state index contributed by atoms with van der Waals surface area (Å²) >= 11 is 0. The van der Waals surface area contributed by atoms with Crippen LogP contribution >= 0.6 is 0 Å². The lowest BCUT2D eigenvalue weighted by Gasteiger charge is -2.46. The van der Waals surface area contributed by atoms with Crippen molar-refractivity contribution in [2.45, 2.75) is 30.6 Å². The van der Waals surface area contributed by atoms with E-state index in [4.69, 9.17) is 23.1 Å². The van der Waals surface area contributed by atoms with Gasteiger partial charge in [0.15, 0.2) is 12.4 Å². The minimum Gasteiger partial charge on any atom is -0.459 e. The standard InChI is InChI=1S/C30H27NO11S/c1-38-30-23(31-26(32)20-15-9-10-16-21(20)27(31)33)25(42-43(2,36)37)24(41-29(35)19-13-7-4-8-14-19)22(40-30)17-39-28(34)18-11-5-3-6-12-18/h3-16,22-25,30H,17H2,1-2H3/t22-,23-,24+,25-,30-/m1/s1. The Labute approximate surface area is 247 Å². The highest BCUT2D eigenvalue weighted by molar-refractivity contribution is 7.86. The lowest BCUT2D eigenvalue weighted by Crippen LogP contribution is -2.67. The molecule has 0 aromatic heterocycles. The van der Waals surface area contributed by atoms with Crippen LogP contribution < -0.4 is 0 Å². The van der Waals surface area contributed by atoms with Crippen molar-refractivity contribution in [3.05, 3.63) is 107 Å². The van der Waals surface area contributed by atoms with Gasteiger partial charge in [-0.2, -0.15) is 8.42 Å². The molecule has 224 valence electrons. The van der Waals surface area contributed by atoms with E-state index in [2.05, 4.69) is 0 Å². The van der Waals surface area contributed by atoms with Crippen molar-refractivity contribution in [2.75, 3.05) is 20.0 Å². The van der Waals surface area contributed by atoms with Crippen molar-refractivity contribution in [1.82, 2.24) is 4.90 Å². The molecule has 2 aliphatic rings. The summed E-state index contributed by atoms with van der Waals surface area (Å²) in [6.07, 6.45) is -5.37. The maximum atomic E-state index is 13.5. The van der Waals surface area contributed by atoms with Crippen molar-refractivity contribution in [2.24, 2.45) is 0 Å². The molecule has 43 heavy (non-hydrogen) atoms. The molecule has 13 heteroatoms. The number of hydrogen-bond donors (Lipinski definition) is 0. The summed E-state index contributed by atoms with van der Waals surface area (Å²) in [5.74, 6) is -3.11. The molecule has 0 bridgehead atoms. The predicted molar refractivity (Wildman–Crippen MR) is 148 cm³/mol. The second kappa shape index (κ2) is 12.4. The molecule has 0 spiro atoms. The van der Waals surface area contributed by atoms with Crippen LogP contribution in [0, 0.1) is 0 Å². The number of hydrogen-bond acceptors (Lipinski definition) is 11. The maximum absolute atomic E-state index is 13.5. The molecule has 1 fully saturated rings. The number of rotatable bonds is 9. The third-order valence-electron chi connectivity index (χ3n) is 6.90. The maximum Gasteiger partial charge on any atom is 0.338 e. The van der Waals surface area contributed by atoms with Crippen LogP contribution in [0.5, 0.6) is 0 Å². The van der Waals surface area contributed by atoms with Crippen molar-refractivity contribution < 1.29 is 50.7 Å². The number of nitrogens with zero attached hydrogens (tertiary/aromatic N) is 1. The second-order valence-electron chi connectivity index (χ2n) is 9.76. The van der Waals surface area contributed by atoms with Crippen LogP contribution in [-0.2, 0) is 33.2 Å². The molecule has 2 heterocycles. The number of carbonyl (C=O) groups is 4. The van der Waals surface area contributed by atoms with Gasteiger partial charge in [-0.3, -0.25) is 18.7 Å². The summed E-state index contributed by atoms with van der Waals surface area (Å²) in [6, 6.07) is 20.4. The number of carbonyl (C=O) groups excluding carboxylic acids is 4. The van der Waals surface area contributed by atoms with Crippen LogP contribution in [0.25, 0.3) is 0 Å². The Bertz CT molecular complexity index is 1590. The van der Waals surface area contributed by atoms with Crippen LogP contribution in [0.2, 0.25) is 0 Å². The van der Waals surface area contributed by atoms with Gasteiger partial charge in [-0.1, -0.05) is 48.5 Å². The first kappa shape index (κ1) is 30.0. The van der Waals surface area contributed by atoms with E-state index in [9.17, 15) is 27.6 Å². The molecule has 3 aromatic rings. The molecular formula is C30H27NO11S. The number of amides is 2. The molecule has 0 aliphatic carbocycles. The topological polar surface area (TPSA) is 152 Å². The first-order chi connectivity index (χ1) is 20.6. The molecule has 0 saturated carbocycles. The largest absolute Gasteiger partial charge is 0.459 e. The van der Waals surface area contributed by atoms with Crippen LogP contribution in [0.15, 0.2) is 84.9 Å². The van der Waals surface area contributed by atoms with Crippen LogP contribution in [-0.4, -0.2) is 87.7 Å². The summed E-state index contributed by atoms with van der Waals surface area (Å²) in [5, 5.41) is 0. The van der Waals surface area contributed by atoms with E-state index in [-0.39, 0.29) is 22.3 Å². The number of ether oxygens (including phenoxy) is 4. The van der Waals surface area contributed by atoms with Gasteiger partial charge in [0.1, 0.15) is 24.9 Å². The van der Waals surface area contributed by atoms with E-state index in [0.29, 0.717) is 0 Å². The summed E-state index contributed by atoms with van der Waals surface area (Å²) in [7, 11) is -3.09.